The summed E-state index contributed by atoms with van der Waals surface area (Å²) in [4.78, 5) is 3.91. The average Bonchev–Trinajstić information content (AvgIpc) is 2.87. The Bertz CT molecular complexity index is 328. The van der Waals surface area contributed by atoms with Crippen molar-refractivity contribution in [1.29, 1.82) is 0 Å². The first-order valence-corrected chi connectivity index (χ1v) is 4.58. The third-order valence-electron chi connectivity index (χ3n) is 2.21. The molecule has 3 nitrogen and oxygen atoms in total. The van der Waals surface area contributed by atoms with Gasteiger partial charge in [0.05, 0.1) is 0 Å². The maximum Gasteiger partial charge on any atom is 0.491 e. The molecule has 0 unspecified atom stereocenters. The predicted molar refractivity (Wildman–Crippen MR) is 51.0 cm³/mol. The van der Waals surface area contributed by atoms with E-state index in [1.165, 1.54) is 0 Å². The van der Waals surface area contributed by atoms with Crippen LogP contribution in [0, 0.1) is 0 Å². The highest BCUT2D eigenvalue weighted by Crippen LogP contribution is 2.39. The molecule has 0 amide bonds. The smallest absolute Gasteiger partial charge is 0.423 e. The molecule has 0 atom stereocenters. The summed E-state index contributed by atoms with van der Waals surface area (Å²) in [5.74, 6) is 0.544. The summed E-state index contributed by atoms with van der Waals surface area (Å²) in [7, 11) is -1.53. The van der Waals surface area contributed by atoms with E-state index in [4.69, 9.17) is 21.6 Å². The molecule has 0 aliphatic heterocycles. The molecule has 0 saturated heterocycles. The van der Waals surface area contributed by atoms with E-state index in [0.29, 0.717) is 11.4 Å². The molecule has 1 saturated carbocycles. The van der Waals surface area contributed by atoms with Gasteiger partial charge in [0, 0.05) is 11.7 Å². The molecule has 68 valence electrons. The van der Waals surface area contributed by atoms with Crippen LogP contribution in [0.4, 0.5) is 0 Å². The number of rotatable bonds is 2. The summed E-state index contributed by atoms with van der Waals surface area (Å²) in [6.07, 6.45) is 4.01. The molecule has 13 heavy (non-hydrogen) atoms. The summed E-state index contributed by atoms with van der Waals surface area (Å²) >= 11 is 5.69. The lowest BCUT2D eigenvalue weighted by Crippen LogP contribution is -2.31. The first kappa shape index (κ1) is 9.00. The maximum absolute atomic E-state index is 8.96. The second-order valence-corrected chi connectivity index (χ2v) is 3.65. The van der Waals surface area contributed by atoms with Crippen molar-refractivity contribution in [2.45, 2.75) is 18.8 Å². The van der Waals surface area contributed by atoms with Crippen LogP contribution >= 0.6 is 11.6 Å². The third-order valence-corrected chi connectivity index (χ3v) is 2.53. The molecule has 0 spiro atoms. The van der Waals surface area contributed by atoms with Crippen molar-refractivity contribution in [3.63, 3.8) is 0 Å². The Kier molecular flexibility index (Phi) is 2.28. The van der Waals surface area contributed by atoms with Crippen molar-refractivity contribution in [2.75, 3.05) is 0 Å². The van der Waals surface area contributed by atoms with Crippen molar-refractivity contribution in [3.8, 4) is 0 Å². The minimum absolute atomic E-state index is 0.166. The van der Waals surface area contributed by atoms with Gasteiger partial charge >= 0.3 is 7.12 Å². The standard InChI is InChI=1S/C8H9BClNO2/c10-8-7(9(12)13)3-6(4-11-8)5-1-2-5/h3-5,12-13H,1-2H2. The lowest BCUT2D eigenvalue weighted by molar-refractivity contribution is 0.425. The van der Waals surface area contributed by atoms with Crippen molar-refractivity contribution in [1.82, 2.24) is 4.98 Å². The number of hydrogen-bond donors (Lipinski definition) is 2. The highest BCUT2D eigenvalue weighted by Gasteiger charge is 2.26. The Morgan fingerprint density at radius 2 is 2.15 bits per heavy atom. The quantitative estimate of drug-likeness (QED) is 0.529. The van der Waals surface area contributed by atoms with Crippen LogP contribution in [0.5, 0.6) is 0 Å². The highest BCUT2D eigenvalue weighted by atomic mass is 35.5. The topological polar surface area (TPSA) is 53.4 Å². The fourth-order valence-electron chi connectivity index (χ4n) is 1.30. The molecule has 5 heteroatoms. The van der Waals surface area contributed by atoms with Crippen LogP contribution in [0.15, 0.2) is 12.3 Å². The minimum atomic E-state index is -1.53. The summed E-state index contributed by atoms with van der Waals surface area (Å²) < 4.78 is 0. The summed E-state index contributed by atoms with van der Waals surface area (Å²) in [5.41, 5.74) is 1.35. The monoisotopic (exact) mass is 197 g/mol. The molecule has 1 aromatic rings. The molecular formula is C8H9BClNO2. The van der Waals surface area contributed by atoms with E-state index in [2.05, 4.69) is 4.98 Å². The van der Waals surface area contributed by atoms with E-state index < -0.39 is 7.12 Å². The summed E-state index contributed by atoms with van der Waals surface area (Å²) in [5, 5.41) is 18.1. The van der Waals surface area contributed by atoms with Gasteiger partial charge in [-0.05, 0) is 24.3 Å². The van der Waals surface area contributed by atoms with Gasteiger partial charge in [-0.3, -0.25) is 0 Å². The Hall–Kier alpha value is -0.575. The van der Waals surface area contributed by atoms with E-state index in [0.717, 1.165) is 18.4 Å². The molecule has 1 fully saturated rings. The average molecular weight is 197 g/mol. The normalized spacial score (nSPS) is 15.9. The Morgan fingerprint density at radius 1 is 1.46 bits per heavy atom. The van der Waals surface area contributed by atoms with E-state index in [1.54, 1.807) is 12.3 Å². The zero-order chi connectivity index (χ0) is 9.42. The molecule has 0 radical (unpaired) electrons. The van der Waals surface area contributed by atoms with Gasteiger partial charge in [-0.25, -0.2) is 4.98 Å². The van der Waals surface area contributed by atoms with Gasteiger partial charge in [0.25, 0.3) is 0 Å². The number of hydrogen-bond acceptors (Lipinski definition) is 3. The van der Waals surface area contributed by atoms with Gasteiger partial charge in [0.15, 0.2) is 0 Å². The predicted octanol–water partition coefficient (Wildman–Crippen LogP) is 0.292. The molecule has 1 aliphatic carbocycles. The minimum Gasteiger partial charge on any atom is -0.423 e. The van der Waals surface area contributed by atoms with Crippen LogP contribution in [-0.2, 0) is 0 Å². The molecule has 0 bridgehead atoms. The van der Waals surface area contributed by atoms with E-state index in [1.807, 2.05) is 0 Å². The third kappa shape index (κ3) is 1.85. The van der Waals surface area contributed by atoms with Crippen molar-refractivity contribution < 1.29 is 10.0 Å². The molecule has 1 aromatic heterocycles. The number of halogens is 1. The van der Waals surface area contributed by atoms with Gasteiger partial charge in [0.2, 0.25) is 0 Å². The summed E-state index contributed by atoms with van der Waals surface area (Å²) in [6, 6.07) is 1.72. The lowest BCUT2D eigenvalue weighted by atomic mass is 9.80. The van der Waals surface area contributed by atoms with Gasteiger partial charge in [-0.2, -0.15) is 0 Å². The molecule has 1 aliphatic rings. The maximum atomic E-state index is 8.96. The Morgan fingerprint density at radius 3 is 2.69 bits per heavy atom. The first-order valence-electron chi connectivity index (χ1n) is 4.20. The van der Waals surface area contributed by atoms with E-state index >= 15 is 0 Å². The molecule has 1 heterocycles. The SMILES string of the molecule is OB(O)c1cc(C2CC2)cnc1Cl. The molecule has 2 N–H and O–H groups in total. The van der Waals surface area contributed by atoms with E-state index in [-0.39, 0.29) is 5.15 Å². The lowest BCUT2D eigenvalue weighted by Gasteiger charge is -2.04. The summed E-state index contributed by atoms with van der Waals surface area (Å²) in [6.45, 7) is 0. The fraction of sp³-hybridized carbons (Fsp3) is 0.375. The van der Waals surface area contributed by atoms with Gasteiger partial charge in [-0.15, -0.1) is 0 Å². The number of pyridine rings is 1. The second-order valence-electron chi connectivity index (χ2n) is 3.30. The van der Waals surface area contributed by atoms with E-state index in [9.17, 15) is 0 Å². The van der Waals surface area contributed by atoms with Crippen LogP contribution in [0.2, 0.25) is 5.15 Å². The van der Waals surface area contributed by atoms with Crippen LogP contribution in [0.25, 0.3) is 0 Å². The van der Waals surface area contributed by atoms with Gasteiger partial charge in [-0.1, -0.05) is 17.7 Å². The Balaban J connectivity index is 2.36. The van der Waals surface area contributed by atoms with Crippen LogP contribution in [-0.4, -0.2) is 22.2 Å². The van der Waals surface area contributed by atoms with Gasteiger partial charge in [0.1, 0.15) is 5.15 Å². The number of nitrogens with zero attached hydrogens (tertiary/aromatic N) is 1. The number of aromatic nitrogens is 1. The fourth-order valence-corrected chi connectivity index (χ4v) is 1.50. The zero-order valence-electron chi connectivity index (χ0n) is 6.94. The largest absolute Gasteiger partial charge is 0.491 e. The van der Waals surface area contributed by atoms with Crippen molar-refractivity contribution in [2.24, 2.45) is 0 Å². The van der Waals surface area contributed by atoms with Crippen LogP contribution < -0.4 is 5.46 Å². The van der Waals surface area contributed by atoms with Crippen molar-refractivity contribution >= 4 is 24.2 Å². The van der Waals surface area contributed by atoms with Crippen LogP contribution in [0.3, 0.4) is 0 Å². The molecular weight excluding hydrogens is 188 g/mol. The second kappa shape index (κ2) is 3.29. The Labute approximate surface area is 81.5 Å². The zero-order valence-corrected chi connectivity index (χ0v) is 7.70. The molecule has 2 rings (SSSR count). The molecule has 0 aromatic carbocycles. The van der Waals surface area contributed by atoms with Crippen LogP contribution in [0.1, 0.15) is 24.3 Å². The van der Waals surface area contributed by atoms with Crippen molar-refractivity contribution in [3.05, 3.63) is 23.0 Å². The first-order chi connectivity index (χ1) is 6.18. The van der Waals surface area contributed by atoms with Gasteiger partial charge < -0.3 is 10.0 Å². The highest BCUT2D eigenvalue weighted by molar-refractivity contribution is 6.62.